The first-order valence-corrected chi connectivity index (χ1v) is 4.17. The maximum Gasteiger partial charge on any atom is 0.185 e. The molecule has 0 unspecified atom stereocenters. The monoisotopic (exact) mass is 174 g/mol. The molecule has 0 N–H and O–H groups in total. The van der Waals surface area contributed by atoms with E-state index in [2.05, 4.69) is 6.58 Å². The van der Waals surface area contributed by atoms with Crippen LogP contribution in [0.4, 0.5) is 0 Å². The Hall–Kier alpha value is -1.41. The number of carbonyl (C=O) groups is 1. The van der Waals surface area contributed by atoms with E-state index in [9.17, 15) is 4.79 Å². The Morgan fingerprint density at radius 3 is 2.92 bits per heavy atom. The van der Waals surface area contributed by atoms with Crippen LogP contribution in [0.15, 0.2) is 30.9 Å². The molecule has 0 bridgehead atoms. The molecule has 0 radical (unpaired) electrons. The summed E-state index contributed by atoms with van der Waals surface area (Å²) in [6.07, 6.45) is 1.33. The van der Waals surface area contributed by atoms with E-state index in [1.165, 1.54) is 11.6 Å². The fraction of sp³-hybridized carbons (Fsp3) is 0.182. The van der Waals surface area contributed by atoms with Gasteiger partial charge < -0.3 is 4.74 Å². The third-order valence-electron chi connectivity index (χ3n) is 2.19. The van der Waals surface area contributed by atoms with Crippen LogP contribution in [-0.2, 0) is 18.0 Å². The van der Waals surface area contributed by atoms with Crippen molar-refractivity contribution in [3.8, 4) is 0 Å². The summed E-state index contributed by atoms with van der Waals surface area (Å²) >= 11 is 0. The molecule has 0 aromatic heterocycles. The quantitative estimate of drug-likeness (QED) is 0.507. The summed E-state index contributed by atoms with van der Waals surface area (Å²) in [7, 11) is 0. The zero-order valence-electron chi connectivity index (χ0n) is 7.25. The predicted octanol–water partition coefficient (Wildman–Crippen LogP) is 2.09. The number of hydrogen-bond acceptors (Lipinski definition) is 2. The molecule has 0 amide bonds. The molecule has 1 aromatic carbocycles. The smallest absolute Gasteiger partial charge is 0.185 e. The number of ketones is 1. The van der Waals surface area contributed by atoms with Crippen molar-refractivity contribution in [2.45, 2.75) is 13.2 Å². The van der Waals surface area contributed by atoms with Crippen molar-refractivity contribution in [2.24, 2.45) is 0 Å². The van der Waals surface area contributed by atoms with E-state index < -0.39 is 0 Å². The Kier molecular flexibility index (Phi) is 1.99. The van der Waals surface area contributed by atoms with Crippen LogP contribution in [0.2, 0.25) is 0 Å². The Bertz CT molecular complexity index is 366. The maximum atomic E-state index is 11.3. The summed E-state index contributed by atoms with van der Waals surface area (Å²) in [6, 6.07) is 5.64. The lowest BCUT2D eigenvalue weighted by molar-refractivity contribution is 0.104. The first-order valence-electron chi connectivity index (χ1n) is 4.17. The van der Waals surface area contributed by atoms with Gasteiger partial charge >= 0.3 is 0 Å². The molecule has 1 aliphatic heterocycles. The molecule has 66 valence electrons. The summed E-state index contributed by atoms with van der Waals surface area (Å²) in [5.41, 5.74) is 2.99. The topological polar surface area (TPSA) is 26.3 Å². The number of allylic oxidation sites excluding steroid dienone is 1. The van der Waals surface area contributed by atoms with Crippen LogP contribution in [0, 0.1) is 0 Å². The van der Waals surface area contributed by atoms with Crippen LogP contribution in [0.25, 0.3) is 0 Å². The van der Waals surface area contributed by atoms with Crippen molar-refractivity contribution >= 4 is 5.78 Å². The van der Waals surface area contributed by atoms with Crippen molar-refractivity contribution < 1.29 is 9.53 Å². The van der Waals surface area contributed by atoms with E-state index in [1.54, 1.807) is 0 Å². The van der Waals surface area contributed by atoms with E-state index in [4.69, 9.17) is 4.74 Å². The Balaban J connectivity index is 2.41. The minimum Gasteiger partial charge on any atom is -0.372 e. The Morgan fingerprint density at radius 1 is 1.38 bits per heavy atom. The highest BCUT2D eigenvalue weighted by atomic mass is 16.5. The Morgan fingerprint density at radius 2 is 2.15 bits per heavy atom. The zero-order chi connectivity index (χ0) is 9.26. The molecular weight excluding hydrogens is 164 g/mol. The molecule has 0 atom stereocenters. The lowest BCUT2D eigenvalue weighted by Gasteiger charge is -1.99. The van der Waals surface area contributed by atoms with Gasteiger partial charge in [-0.2, -0.15) is 0 Å². The van der Waals surface area contributed by atoms with Crippen molar-refractivity contribution in [3.63, 3.8) is 0 Å². The molecule has 13 heavy (non-hydrogen) atoms. The van der Waals surface area contributed by atoms with Gasteiger partial charge in [-0.15, -0.1) is 0 Å². The molecule has 0 saturated heterocycles. The number of ether oxygens (including phenoxy) is 1. The minimum atomic E-state index is -0.0327. The molecule has 0 aliphatic carbocycles. The molecule has 0 spiro atoms. The van der Waals surface area contributed by atoms with Crippen molar-refractivity contribution in [1.29, 1.82) is 0 Å². The highest BCUT2D eigenvalue weighted by molar-refractivity contribution is 6.04. The van der Waals surface area contributed by atoms with Crippen LogP contribution in [-0.4, -0.2) is 5.78 Å². The van der Waals surface area contributed by atoms with Gasteiger partial charge in [-0.25, -0.2) is 0 Å². The first-order chi connectivity index (χ1) is 6.31. The van der Waals surface area contributed by atoms with Crippen LogP contribution < -0.4 is 0 Å². The average Bonchev–Trinajstić information content (AvgIpc) is 2.63. The van der Waals surface area contributed by atoms with Crippen LogP contribution in [0.1, 0.15) is 21.5 Å². The second kappa shape index (κ2) is 3.15. The average molecular weight is 174 g/mol. The summed E-state index contributed by atoms with van der Waals surface area (Å²) < 4.78 is 5.25. The minimum absolute atomic E-state index is 0.0327. The van der Waals surface area contributed by atoms with Gasteiger partial charge in [0.2, 0.25) is 0 Å². The van der Waals surface area contributed by atoms with E-state index in [0.29, 0.717) is 18.8 Å². The fourth-order valence-corrected chi connectivity index (χ4v) is 1.44. The molecule has 0 fully saturated rings. The second-order valence-corrected chi connectivity index (χ2v) is 3.04. The van der Waals surface area contributed by atoms with Crippen molar-refractivity contribution in [3.05, 3.63) is 47.5 Å². The number of rotatable bonds is 2. The SMILES string of the molecule is C=CC(=O)c1ccc2c(c1)COC2. The first kappa shape index (κ1) is 8.20. The van der Waals surface area contributed by atoms with Crippen molar-refractivity contribution in [1.82, 2.24) is 0 Å². The Labute approximate surface area is 76.8 Å². The molecule has 2 nitrogen and oxygen atoms in total. The zero-order valence-corrected chi connectivity index (χ0v) is 7.25. The summed E-state index contributed by atoms with van der Waals surface area (Å²) in [5.74, 6) is -0.0327. The van der Waals surface area contributed by atoms with Gasteiger partial charge in [-0.3, -0.25) is 4.79 Å². The fourth-order valence-electron chi connectivity index (χ4n) is 1.44. The van der Waals surface area contributed by atoms with Gasteiger partial charge in [-0.05, 0) is 23.3 Å². The van der Waals surface area contributed by atoms with Crippen LogP contribution >= 0.6 is 0 Å². The third kappa shape index (κ3) is 1.40. The van der Waals surface area contributed by atoms with Crippen LogP contribution in [0.3, 0.4) is 0 Å². The van der Waals surface area contributed by atoms with Crippen molar-refractivity contribution in [2.75, 3.05) is 0 Å². The third-order valence-corrected chi connectivity index (χ3v) is 2.19. The van der Waals surface area contributed by atoms with E-state index in [1.807, 2.05) is 18.2 Å². The van der Waals surface area contributed by atoms with E-state index >= 15 is 0 Å². The lowest BCUT2D eigenvalue weighted by Crippen LogP contribution is -1.95. The summed E-state index contributed by atoms with van der Waals surface area (Å²) in [5, 5.41) is 0. The summed E-state index contributed by atoms with van der Waals surface area (Å²) in [6.45, 7) is 4.73. The molecule has 2 heteroatoms. The highest BCUT2D eigenvalue weighted by Crippen LogP contribution is 2.20. The van der Waals surface area contributed by atoms with Gasteiger partial charge in [0, 0.05) is 5.56 Å². The van der Waals surface area contributed by atoms with Gasteiger partial charge in [0.15, 0.2) is 5.78 Å². The van der Waals surface area contributed by atoms with Gasteiger partial charge in [-0.1, -0.05) is 18.7 Å². The van der Waals surface area contributed by atoms with E-state index in [0.717, 1.165) is 5.56 Å². The standard InChI is InChI=1S/C11H10O2/c1-2-11(12)8-3-4-9-6-13-7-10(9)5-8/h2-5H,1,6-7H2. The van der Waals surface area contributed by atoms with Crippen LogP contribution in [0.5, 0.6) is 0 Å². The maximum absolute atomic E-state index is 11.3. The van der Waals surface area contributed by atoms with Gasteiger partial charge in [0.25, 0.3) is 0 Å². The highest BCUT2D eigenvalue weighted by Gasteiger charge is 2.12. The normalized spacial score (nSPS) is 13.8. The lowest BCUT2D eigenvalue weighted by atomic mass is 10.0. The molecule has 1 aromatic rings. The second-order valence-electron chi connectivity index (χ2n) is 3.04. The predicted molar refractivity (Wildman–Crippen MR) is 49.5 cm³/mol. The number of fused-ring (bicyclic) bond motifs is 1. The largest absolute Gasteiger partial charge is 0.372 e. The van der Waals surface area contributed by atoms with E-state index in [-0.39, 0.29) is 5.78 Å². The molecule has 1 aliphatic rings. The molecule has 2 rings (SSSR count). The van der Waals surface area contributed by atoms with Gasteiger partial charge in [0.1, 0.15) is 0 Å². The summed E-state index contributed by atoms with van der Waals surface area (Å²) in [4.78, 5) is 11.3. The number of benzene rings is 1. The number of hydrogen-bond donors (Lipinski definition) is 0. The molecule has 1 heterocycles. The number of carbonyl (C=O) groups excluding carboxylic acids is 1. The molecule has 0 saturated carbocycles. The van der Waals surface area contributed by atoms with Gasteiger partial charge in [0.05, 0.1) is 13.2 Å². The molecular formula is C11H10O2.